The van der Waals surface area contributed by atoms with Crippen molar-refractivity contribution in [3.05, 3.63) is 16.4 Å². The first-order valence-electron chi connectivity index (χ1n) is 6.82. The Morgan fingerprint density at radius 1 is 1.35 bits per heavy atom. The van der Waals surface area contributed by atoms with Gasteiger partial charge in [0.05, 0.1) is 12.0 Å². The van der Waals surface area contributed by atoms with E-state index in [-0.39, 0.29) is 23.4 Å². The van der Waals surface area contributed by atoms with E-state index in [1.807, 2.05) is 0 Å². The summed E-state index contributed by atoms with van der Waals surface area (Å²) in [4.78, 5) is 18.4. The van der Waals surface area contributed by atoms with Crippen molar-refractivity contribution < 1.29 is 9.66 Å². The molecule has 1 fully saturated rings. The summed E-state index contributed by atoms with van der Waals surface area (Å²) in [5, 5.41) is 14.3. The lowest BCUT2D eigenvalue weighted by molar-refractivity contribution is -0.385. The Bertz CT molecular complexity index is 495. The number of anilines is 1. The first kappa shape index (κ1) is 14.5. The van der Waals surface area contributed by atoms with Gasteiger partial charge in [-0.1, -0.05) is 13.8 Å². The van der Waals surface area contributed by atoms with Crippen LogP contribution in [-0.4, -0.2) is 28.0 Å². The van der Waals surface area contributed by atoms with Gasteiger partial charge < -0.3 is 10.1 Å². The fourth-order valence-electron chi connectivity index (χ4n) is 2.65. The minimum absolute atomic E-state index is 0.00951. The molecule has 3 atom stereocenters. The number of rotatable bonds is 4. The normalized spacial score (nSPS) is 26.1. The van der Waals surface area contributed by atoms with Gasteiger partial charge >= 0.3 is 5.69 Å². The molecule has 1 aromatic heterocycles. The van der Waals surface area contributed by atoms with Crippen LogP contribution in [0.1, 0.15) is 33.1 Å². The highest BCUT2D eigenvalue weighted by molar-refractivity contribution is 5.61. The zero-order valence-electron chi connectivity index (χ0n) is 12.0. The van der Waals surface area contributed by atoms with Gasteiger partial charge in [-0.05, 0) is 31.1 Å². The van der Waals surface area contributed by atoms with E-state index in [1.54, 1.807) is 0 Å². The van der Waals surface area contributed by atoms with Crippen LogP contribution in [0.3, 0.4) is 0 Å². The van der Waals surface area contributed by atoms with E-state index >= 15 is 0 Å². The Balaban J connectivity index is 2.19. The van der Waals surface area contributed by atoms with Gasteiger partial charge in [0.1, 0.15) is 6.33 Å². The Morgan fingerprint density at radius 2 is 2.10 bits per heavy atom. The van der Waals surface area contributed by atoms with Crippen LogP contribution in [0.5, 0.6) is 5.88 Å². The predicted molar refractivity (Wildman–Crippen MR) is 74.8 cm³/mol. The van der Waals surface area contributed by atoms with Gasteiger partial charge in [0.25, 0.3) is 5.88 Å². The molecule has 1 aromatic rings. The molecule has 1 aliphatic rings. The lowest BCUT2D eigenvalue weighted by Crippen LogP contribution is -2.31. The maximum Gasteiger partial charge on any atom is 0.372 e. The maximum absolute atomic E-state index is 11.2. The molecule has 0 radical (unpaired) electrons. The van der Waals surface area contributed by atoms with Gasteiger partial charge in [-0.3, -0.25) is 10.1 Å². The van der Waals surface area contributed by atoms with Gasteiger partial charge in [0, 0.05) is 6.04 Å². The highest BCUT2D eigenvalue weighted by Crippen LogP contribution is 2.35. The summed E-state index contributed by atoms with van der Waals surface area (Å²) in [6, 6.07) is 0.208. The lowest BCUT2D eigenvalue weighted by Gasteiger charge is -2.32. The number of nitro groups is 1. The Kier molecular flexibility index (Phi) is 4.36. The monoisotopic (exact) mass is 280 g/mol. The summed E-state index contributed by atoms with van der Waals surface area (Å²) in [5.41, 5.74) is -0.193. The van der Waals surface area contributed by atoms with Gasteiger partial charge in [-0.2, -0.15) is 4.98 Å². The second kappa shape index (κ2) is 6.02. The molecule has 7 heteroatoms. The van der Waals surface area contributed by atoms with Crippen LogP contribution in [0, 0.1) is 22.0 Å². The molecular formula is C13H20N4O3. The quantitative estimate of drug-likeness (QED) is 0.673. The summed E-state index contributed by atoms with van der Waals surface area (Å²) < 4.78 is 4.94. The van der Waals surface area contributed by atoms with Crippen LogP contribution >= 0.6 is 0 Å². The summed E-state index contributed by atoms with van der Waals surface area (Å²) in [7, 11) is 1.36. The lowest BCUT2D eigenvalue weighted by atomic mass is 9.79. The molecule has 0 spiro atoms. The largest absolute Gasteiger partial charge is 0.476 e. The molecule has 1 aliphatic carbocycles. The van der Waals surface area contributed by atoms with Crippen LogP contribution in [0.25, 0.3) is 0 Å². The van der Waals surface area contributed by atoms with E-state index in [0.717, 1.165) is 19.3 Å². The van der Waals surface area contributed by atoms with Crippen molar-refractivity contribution in [1.29, 1.82) is 0 Å². The van der Waals surface area contributed by atoms with Crippen molar-refractivity contribution >= 4 is 11.5 Å². The number of nitrogens with one attached hydrogen (secondary N) is 1. The summed E-state index contributed by atoms with van der Waals surface area (Å²) in [5.74, 6) is 1.53. The van der Waals surface area contributed by atoms with E-state index in [0.29, 0.717) is 11.8 Å². The number of ether oxygens (including phenoxy) is 1. The molecule has 0 amide bonds. The fourth-order valence-corrected chi connectivity index (χ4v) is 2.65. The van der Waals surface area contributed by atoms with E-state index in [1.165, 1.54) is 13.4 Å². The number of aromatic nitrogens is 2. The summed E-state index contributed by atoms with van der Waals surface area (Å²) in [6.45, 7) is 4.46. The third-order valence-corrected chi connectivity index (χ3v) is 4.10. The minimum Gasteiger partial charge on any atom is -0.476 e. The molecule has 1 heterocycles. The molecule has 20 heavy (non-hydrogen) atoms. The van der Waals surface area contributed by atoms with Crippen molar-refractivity contribution in [2.45, 2.75) is 39.2 Å². The molecule has 0 aromatic carbocycles. The zero-order chi connectivity index (χ0) is 14.7. The molecule has 110 valence electrons. The van der Waals surface area contributed by atoms with Gasteiger partial charge in [0.2, 0.25) is 5.82 Å². The SMILES string of the molecule is COc1ncnc(NC2CCC(C)C(C)C2)c1[N+](=O)[O-]. The van der Waals surface area contributed by atoms with Crippen molar-refractivity contribution in [3.63, 3.8) is 0 Å². The van der Waals surface area contributed by atoms with Crippen LogP contribution in [-0.2, 0) is 0 Å². The third kappa shape index (κ3) is 2.97. The topological polar surface area (TPSA) is 90.2 Å². The average molecular weight is 280 g/mol. The Morgan fingerprint density at radius 3 is 2.70 bits per heavy atom. The molecule has 7 nitrogen and oxygen atoms in total. The number of hydrogen-bond donors (Lipinski definition) is 1. The fraction of sp³-hybridized carbons (Fsp3) is 0.692. The molecule has 1 saturated carbocycles. The van der Waals surface area contributed by atoms with Crippen molar-refractivity contribution in [1.82, 2.24) is 9.97 Å². The van der Waals surface area contributed by atoms with Gasteiger partial charge in [0.15, 0.2) is 0 Å². The summed E-state index contributed by atoms with van der Waals surface area (Å²) >= 11 is 0. The van der Waals surface area contributed by atoms with Crippen LogP contribution in [0.2, 0.25) is 0 Å². The highest BCUT2D eigenvalue weighted by Gasteiger charge is 2.29. The van der Waals surface area contributed by atoms with Crippen LogP contribution in [0.15, 0.2) is 6.33 Å². The van der Waals surface area contributed by atoms with Gasteiger partial charge in [-0.25, -0.2) is 4.98 Å². The maximum atomic E-state index is 11.2. The standard InChI is InChI=1S/C13H20N4O3/c1-8-4-5-10(6-9(8)2)16-12-11(17(18)19)13(20-3)15-7-14-12/h7-10H,4-6H2,1-3H3,(H,14,15,16). The molecule has 0 saturated heterocycles. The smallest absolute Gasteiger partial charge is 0.372 e. The van der Waals surface area contributed by atoms with E-state index in [9.17, 15) is 10.1 Å². The average Bonchev–Trinajstić information content (AvgIpc) is 2.42. The third-order valence-electron chi connectivity index (χ3n) is 4.10. The number of hydrogen-bond acceptors (Lipinski definition) is 6. The molecule has 3 unspecified atom stereocenters. The molecule has 1 N–H and O–H groups in total. The molecule has 2 rings (SSSR count). The van der Waals surface area contributed by atoms with Crippen LogP contribution < -0.4 is 10.1 Å². The second-order valence-corrected chi connectivity index (χ2v) is 5.45. The predicted octanol–water partition coefficient (Wildman–Crippen LogP) is 2.63. The zero-order valence-corrected chi connectivity index (χ0v) is 12.0. The first-order valence-corrected chi connectivity index (χ1v) is 6.82. The second-order valence-electron chi connectivity index (χ2n) is 5.45. The van der Waals surface area contributed by atoms with E-state index < -0.39 is 4.92 Å². The minimum atomic E-state index is -0.504. The molecule has 0 bridgehead atoms. The molecular weight excluding hydrogens is 260 g/mol. The van der Waals surface area contributed by atoms with E-state index in [2.05, 4.69) is 29.1 Å². The first-order chi connectivity index (χ1) is 9.52. The van der Waals surface area contributed by atoms with Crippen molar-refractivity contribution in [2.75, 3.05) is 12.4 Å². The van der Waals surface area contributed by atoms with Gasteiger partial charge in [-0.15, -0.1) is 0 Å². The Labute approximate surface area is 117 Å². The van der Waals surface area contributed by atoms with Crippen molar-refractivity contribution in [2.24, 2.45) is 11.8 Å². The van der Waals surface area contributed by atoms with E-state index in [4.69, 9.17) is 4.74 Å². The van der Waals surface area contributed by atoms with Crippen molar-refractivity contribution in [3.8, 4) is 5.88 Å². The Hall–Kier alpha value is -1.92. The number of methoxy groups -OCH3 is 1. The molecule has 0 aliphatic heterocycles. The number of nitrogens with zero attached hydrogens (tertiary/aromatic N) is 3. The highest BCUT2D eigenvalue weighted by atomic mass is 16.6. The van der Waals surface area contributed by atoms with Crippen LogP contribution in [0.4, 0.5) is 11.5 Å². The summed E-state index contributed by atoms with van der Waals surface area (Å²) in [6.07, 6.45) is 4.39.